The SMILES string of the molecule is CCSN1CCC(c2c[nH]c3c(C(N)=O)cc(Oc4cccc(N(CC)CC)c4)cc23)CC1. The lowest BCUT2D eigenvalue weighted by molar-refractivity contribution is 0.100. The number of hydrogen-bond acceptors (Lipinski definition) is 5. The van der Waals surface area contributed by atoms with E-state index in [1.807, 2.05) is 36.2 Å². The summed E-state index contributed by atoms with van der Waals surface area (Å²) in [6.07, 6.45) is 4.25. The molecule has 2 aromatic carbocycles. The highest BCUT2D eigenvalue weighted by molar-refractivity contribution is 7.96. The van der Waals surface area contributed by atoms with E-state index in [4.69, 9.17) is 10.5 Å². The van der Waals surface area contributed by atoms with Crippen LogP contribution in [0, 0.1) is 0 Å². The van der Waals surface area contributed by atoms with Crippen molar-refractivity contribution in [2.75, 3.05) is 36.8 Å². The highest BCUT2D eigenvalue weighted by atomic mass is 32.2. The molecule has 1 amide bonds. The lowest BCUT2D eigenvalue weighted by Crippen LogP contribution is -2.27. The van der Waals surface area contributed by atoms with Gasteiger partial charge < -0.3 is 20.4 Å². The van der Waals surface area contributed by atoms with E-state index in [0.717, 1.165) is 67.1 Å². The van der Waals surface area contributed by atoms with Crippen molar-refractivity contribution in [3.63, 3.8) is 0 Å². The summed E-state index contributed by atoms with van der Waals surface area (Å²) < 4.78 is 8.71. The molecule has 3 N–H and O–H groups in total. The topological polar surface area (TPSA) is 74.6 Å². The third-order valence-electron chi connectivity index (χ3n) is 6.45. The van der Waals surface area contributed by atoms with Gasteiger partial charge in [-0.3, -0.25) is 9.10 Å². The summed E-state index contributed by atoms with van der Waals surface area (Å²) in [4.78, 5) is 17.9. The molecule has 33 heavy (non-hydrogen) atoms. The molecule has 6 nitrogen and oxygen atoms in total. The van der Waals surface area contributed by atoms with Crippen LogP contribution in [0.5, 0.6) is 11.5 Å². The summed E-state index contributed by atoms with van der Waals surface area (Å²) in [5.74, 6) is 2.49. The van der Waals surface area contributed by atoms with Gasteiger partial charge in [0.2, 0.25) is 0 Å². The van der Waals surface area contributed by atoms with Gasteiger partial charge in [0.25, 0.3) is 5.91 Å². The second-order valence-electron chi connectivity index (χ2n) is 8.39. The number of benzene rings is 2. The van der Waals surface area contributed by atoms with Crippen molar-refractivity contribution in [1.82, 2.24) is 9.29 Å². The average molecular weight is 467 g/mol. The molecule has 176 valence electrons. The van der Waals surface area contributed by atoms with Crippen molar-refractivity contribution in [3.8, 4) is 11.5 Å². The van der Waals surface area contributed by atoms with E-state index in [2.05, 4.69) is 47.2 Å². The minimum absolute atomic E-state index is 0.453. The first-order valence-electron chi connectivity index (χ1n) is 11.9. The number of hydrogen-bond donors (Lipinski definition) is 2. The number of aromatic nitrogens is 1. The molecule has 1 aliphatic rings. The van der Waals surface area contributed by atoms with Gasteiger partial charge in [-0.05, 0) is 62.4 Å². The molecule has 1 saturated heterocycles. The van der Waals surface area contributed by atoms with Crippen LogP contribution in [0.25, 0.3) is 10.9 Å². The molecule has 4 rings (SSSR count). The van der Waals surface area contributed by atoms with E-state index >= 15 is 0 Å². The summed E-state index contributed by atoms with van der Waals surface area (Å²) >= 11 is 1.91. The van der Waals surface area contributed by atoms with Crippen LogP contribution in [0.1, 0.15) is 55.5 Å². The maximum Gasteiger partial charge on any atom is 0.250 e. The Morgan fingerprint density at radius 1 is 1.15 bits per heavy atom. The second kappa shape index (κ2) is 10.5. The number of piperidine rings is 1. The molecule has 7 heteroatoms. The number of H-pyrrole nitrogens is 1. The molecule has 0 unspecified atom stereocenters. The summed E-state index contributed by atoms with van der Waals surface area (Å²) in [7, 11) is 0. The number of ether oxygens (including phenoxy) is 1. The number of anilines is 1. The quantitative estimate of drug-likeness (QED) is 0.393. The van der Waals surface area contributed by atoms with Gasteiger partial charge in [-0.1, -0.05) is 24.9 Å². The fraction of sp³-hybridized carbons (Fsp3) is 0.423. The van der Waals surface area contributed by atoms with Gasteiger partial charge in [-0.2, -0.15) is 0 Å². The number of fused-ring (bicyclic) bond motifs is 1. The Bertz CT molecular complexity index is 1100. The third-order valence-corrected chi connectivity index (χ3v) is 7.44. The fourth-order valence-corrected chi connectivity index (χ4v) is 5.60. The first-order chi connectivity index (χ1) is 16.0. The zero-order chi connectivity index (χ0) is 23.4. The van der Waals surface area contributed by atoms with Crippen LogP contribution in [0.15, 0.2) is 42.6 Å². The Hall–Kier alpha value is -2.64. The molecule has 2 heterocycles. The van der Waals surface area contributed by atoms with E-state index in [-0.39, 0.29) is 0 Å². The average Bonchev–Trinajstić information content (AvgIpc) is 3.24. The number of amides is 1. The minimum Gasteiger partial charge on any atom is -0.457 e. The van der Waals surface area contributed by atoms with E-state index in [0.29, 0.717) is 17.2 Å². The van der Waals surface area contributed by atoms with Crippen LogP contribution >= 0.6 is 11.9 Å². The largest absolute Gasteiger partial charge is 0.457 e. The molecule has 0 spiro atoms. The van der Waals surface area contributed by atoms with Crippen LogP contribution in [0.2, 0.25) is 0 Å². The van der Waals surface area contributed by atoms with Gasteiger partial charge in [0.1, 0.15) is 11.5 Å². The van der Waals surface area contributed by atoms with Gasteiger partial charge in [0.05, 0.1) is 11.1 Å². The summed E-state index contributed by atoms with van der Waals surface area (Å²) in [6.45, 7) is 10.5. The number of carbonyl (C=O) groups is 1. The smallest absolute Gasteiger partial charge is 0.250 e. The third kappa shape index (κ3) is 5.14. The van der Waals surface area contributed by atoms with Crippen molar-refractivity contribution >= 4 is 34.4 Å². The number of carbonyl (C=O) groups excluding carboxylic acids is 1. The van der Waals surface area contributed by atoms with Gasteiger partial charge in [-0.25, -0.2) is 0 Å². The maximum absolute atomic E-state index is 12.3. The second-order valence-corrected chi connectivity index (χ2v) is 9.75. The van der Waals surface area contributed by atoms with Crippen LogP contribution < -0.4 is 15.4 Å². The van der Waals surface area contributed by atoms with E-state index < -0.39 is 5.91 Å². The Balaban J connectivity index is 1.65. The van der Waals surface area contributed by atoms with Gasteiger partial charge in [0, 0.05) is 55.3 Å². The van der Waals surface area contributed by atoms with Crippen LogP contribution in [-0.2, 0) is 0 Å². The predicted octanol–water partition coefficient (Wildman–Crippen LogP) is 5.75. The number of aromatic amines is 1. The number of primary amides is 1. The van der Waals surface area contributed by atoms with Crippen LogP contribution in [-0.4, -0.2) is 47.1 Å². The molecule has 3 aromatic rings. The Morgan fingerprint density at radius 3 is 2.58 bits per heavy atom. The summed E-state index contributed by atoms with van der Waals surface area (Å²) in [5.41, 5.74) is 9.38. The summed E-state index contributed by atoms with van der Waals surface area (Å²) in [6, 6.07) is 11.9. The number of nitrogens with one attached hydrogen (secondary N) is 1. The first kappa shape index (κ1) is 23.5. The number of rotatable bonds is 9. The molecule has 0 saturated carbocycles. The maximum atomic E-state index is 12.3. The van der Waals surface area contributed by atoms with E-state index in [9.17, 15) is 4.79 Å². The van der Waals surface area contributed by atoms with Gasteiger partial charge in [0.15, 0.2) is 0 Å². The first-order valence-corrected chi connectivity index (χ1v) is 12.8. The standard InChI is InChI=1S/C26H34N4O2S/c1-4-29(5-2)19-8-7-9-20(14-19)32-21-15-22-24(17-28-25(22)23(16-21)26(27)31)18-10-12-30(13-11-18)33-6-3/h7-9,14-18,28H,4-6,10-13H2,1-3H3,(H2,27,31). The molecule has 0 aliphatic carbocycles. The molecular weight excluding hydrogens is 432 g/mol. The van der Waals surface area contributed by atoms with Gasteiger partial charge >= 0.3 is 0 Å². The lowest BCUT2D eigenvalue weighted by Gasteiger charge is -2.30. The van der Waals surface area contributed by atoms with Gasteiger partial charge in [-0.15, -0.1) is 0 Å². The molecule has 1 aliphatic heterocycles. The Kier molecular flexibility index (Phi) is 7.50. The van der Waals surface area contributed by atoms with E-state index in [1.165, 1.54) is 5.56 Å². The normalized spacial score (nSPS) is 15.1. The molecule has 0 radical (unpaired) electrons. The molecule has 0 bridgehead atoms. The molecule has 1 aromatic heterocycles. The highest BCUT2D eigenvalue weighted by Crippen LogP contribution is 2.38. The van der Waals surface area contributed by atoms with Crippen molar-refractivity contribution in [2.24, 2.45) is 5.73 Å². The highest BCUT2D eigenvalue weighted by Gasteiger charge is 2.24. The summed E-state index contributed by atoms with van der Waals surface area (Å²) in [5, 5.41) is 1.03. The molecule has 0 atom stereocenters. The van der Waals surface area contributed by atoms with Crippen LogP contribution in [0.3, 0.4) is 0 Å². The van der Waals surface area contributed by atoms with Crippen molar-refractivity contribution in [2.45, 2.75) is 39.5 Å². The minimum atomic E-state index is -0.454. The van der Waals surface area contributed by atoms with Crippen molar-refractivity contribution < 1.29 is 9.53 Å². The van der Waals surface area contributed by atoms with Crippen molar-refractivity contribution in [1.29, 1.82) is 0 Å². The number of nitrogens with zero attached hydrogens (tertiary/aromatic N) is 2. The predicted molar refractivity (Wildman–Crippen MR) is 139 cm³/mol. The molecular formula is C26H34N4O2S. The molecule has 1 fully saturated rings. The fourth-order valence-electron chi connectivity index (χ4n) is 4.76. The number of nitrogens with two attached hydrogens (primary N) is 1. The monoisotopic (exact) mass is 466 g/mol. The van der Waals surface area contributed by atoms with Crippen LogP contribution in [0.4, 0.5) is 5.69 Å². The van der Waals surface area contributed by atoms with Crippen molar-refractivity contribution in [3.05, 3.63) is 53.7 Å². The Morgan fingerprint density at radius 2 is 1.91 bits per heavy atom. The van der Waals surface area contributed by atoms with E-state index in [1.54, 1.807) is 6.07 Å². The zero-order valence-electron chi connectivity index (χ0n) is 19.8. The zero-order valence-corrected chi connectivity index (χ0v) is 20.6. The lowest BCUT2D eigenvalue weighted by atomic mass is 9.89. The Labute approximate surface area is 200 Å².